The molecule has 0 amide bonds. The van der Waals surface area contributed by atoms with Gasteiger partial charge in [0, 0.05) is 17.4 Å². The molecule has 0 spiro atoms. The molecular formula is C12H13N3O2S. The molecule has 1 aliphatic rings. The molecule has 2 rings (SSSR count). The number of rotatable bonds is 3. The van der Waals surface area contributed by atoms with E-state index < -0.39 is 4.92 Å². The van der Waals surface area contributed by atoms with E-state index in [2.05, 4.69) is 12.2 Å². The minimum Gasteiger partial charge on any atom is -0.376 e. The Morgan fingerprint density at radius 2 is 2.39 bits per heavy atom. The van der Waals surface area contributed by atoms with Crippen molar-refractivity contribution in [3.63, 3.8) is 0 Å². The molecule has 1 aromatic carbocycles. The number of nitrogens with zero attached hydrogens (tertiary/aromatic N) is 2. The average molecular weight is 263 g/mol. The number of anilines is 1. The first-order valence-electron chi connectivity index (χ1n) is 5.68. The van der Waals surface area contributed by atoms with E-state index in [4.69, 9.17) is 5.26 Å². The molecule has 1 aromatic rings. The number of hydrogen-bond acceptors (Lipinski definition) is 5. The monoisotopic (exact) mass is 263 g/mol. The molecule has 6 heteroatoms. The molecule has 0 radical (unpaired) electrons. The highest BCUT2D eigenvalue weighted by Gasteiger charge is 2.26. The molecule has 2 atom stereocenters. The van der Waals surface area contributed by atoms with Crippen molar-refractivity contribution in [1.29, 1.82) is 5.26 Å². The van der Waals surface area contributed by atoms with E-state index in [0.29, 0.717) is 16.5 Å². The zero-order chi connectivity index (χ0) is 13.1. The van der Waals surface area contributed by atoms with Crippen LogP contribution < -0.4 is 5.32 Å². The second-order valence-electron chi connectivity index (χ2n) is 4.22. The number of nitro benzene ring substituents is 1. The summed E-state index contributed by atoms with van der Waals surface area (Å²) >= 11 is 1.86. The molecule has 0 aliphatic carbocycles. The highest BCUT2D eigenvalue weighted by Crippen LogP contribution is 2.32. The summed E-state index contributed by atoms with van der Waals surface area (Å²) in [5, 5.41) is 23.4. The van der Waals surface area contributed by atoms with Gasteiger partial charge in [-0.2, -0.15) is 17.0 Å². The molecular weight excluding hydrogens is 250 g/mol. The topological polar surface area (TPSA) is 79.0 Å². The molecule has 1 saturated heterocycles. The number of hydrogen-bond donors (Lipinski definition) is 1. The van der Waals surface area contributed by atoms with Crippen molar-refractivity contribution >= 4 is 23.1 Å². The van der Waals surface area contributed by atoms with Gasteiger partial charge in [-0.25, -0.2) is 0 Å². The smallest absolute Gasteiger partial charge is 0.293 e. The van der Waals surface area contributed by atoms with E-state index in [1.54, 1.807) is 12.1 Å². The fraction of sp³-hybridized carbons (Fsp3) is 0.417. The van der Waals surface area contributed by atoms with Gasteiger partial charge in [0.05, 0.1) is 16.6 Å². The van der Waals surface area contributed by atoms with Crippen LogP contribution in [0.2, 0.25) is 0 Å². The summed E-state index contributed by atoms with van der Waals surface area (Å²) in [6.07, 6.45) is 1.00. The number of nitrogens with one attached hydrogen (secondary N) is 1. The summed E-state index contributed by atoms with van der Waals surface area (Å²) in [5.74, 6) is 1.07. The van der Waals surface area contributed by atoms with Crippen molar-refractivity contribution in [3.8, 4) is 6.07 Å². The zero-order valence-electron chi connectivity index (χ0n) is 9.92. The lowest BCUT2D eigenvalue weighted by atomic mass is 10.1. The van der Waals surface area contributed by atoms with Gasteiger partial charge < -0.3 is 5.32 Å². The fourth-order valence-corrected chi connectivity index (χ4v) is 3.19. The first-order chi connectivity index (χ1) is 8.61. The Morgan fingerprint density at radius 3 is 2.94 bits per heavy atom. The summed E-state index contributed by atoms with van der Waals surface area (Å²) in [7, 11) is 0. The van der Waals surface area contributed by atoms with Crippen LogP contribution in [0.5, 0.6) is 0 Å². The first-order valence-corrected chi connectivity index (χ1v) is 6.73. The molecule has 1 heterocycles. The van der Waals surface area contributed by atoms with E-state index in [0.717, 1.165) is 12.2 Å². The lowest BCUT2D eigenvalue weighted by molar-refractivity contribution is -0.384. The lowest BCUT2D eigenvalue weighted by Gasteiger charge is -2.17. The third kappa shape index (κ3) is 2.57. The van der Waals surface area contributed by atoms with Crippen LogP contribution in [0.3, 0.4) is 0 Å². The van der Waals surface area contributed by atoms with Gasteiger partial charge in [0.1, 0.15) is 5.69 Å². The van der Waals surface area contributed by atoms with Crippen LogP contribution in [0.4, 0.5) is 11.4 Å². The van der Waals surface area contributed by atoms with Crippen molar-refractivity contribution in [2.45, 2.75) is 24.6 Å². The van der Waals surface area contributed by atoms with Gasteiger partial charge in [0.2, 0.25) is 0 Å². The Labute approximate surface area is 109 Å². The van der Waals surface area contributed by atoms with Crippen LogP contribution in [0.1, 0.15) is 18.9 Å². The molecule has 0 aromatic heterocycles. The van der Waals surface area contributed by atoms with Gasteiger partial charge in [0.15, 0.2) is 0 Å². The Morgan fingerprint density at radius 1 is 1.61 bits per heavy atom. The maximum Gasteiger partial charge on any atom is 0.293 e. The third-order valence-electron chi connectivity index (χ3n) is 3.04. The number of benzene rings is 1. The average Bonchev–Trinajstić information content (AvgIpc) is 2.75. The number of nitro groups is 1. The summed E-state index contributed by atoms with van der Waals surface area (Å²) in [4.78, 5) is 10.5. The Hall–Kier alpha value is -1.74. The Kier molecular flexibility index (Phi) is 3.72. The van der Waals surface area contributed by atoms with Crippen LogP contribution >= 0.6 is 11.8 Å². The van der Waals surface area contributed by atoms with Crippen LogP contribution in [0.15, 0.2) is 18.2 Å². The summed E-state index contributed by atoms with van der Waals surface area (Å²) in [6.45, 7) is 2.12. The van der Waals surface area contributed by atoms with Crippen molar-refractivity contribution in [2.75, 3.05) is 11.1 Å². The predicted octanol–water partition coefficient (Wildman–Crippen LogP) is 2.77. The zero-order valence-corrected chi connectivity index (χ0v) is 10.7. The Balaban J connectivity index is 2.27. The molecule has 94 valence electrons. The van der Waals surface area contributed by atoms with Crippen LogP contribution in [0.25, 0.3) is 0 Å². The molecule has 0 bridgehead atoms. The number of nitriles is 1. The maximum atomic E-state index is 11.0. The molecule has 1 N–H and O–H groups in total. The maximum absolute atomic E-state index is 11.0. The van der Waals surface area contributed by atoms with Crippen molar-refractivity contribution < 1.29 is 4.92 Å². The normalized spacial score (nSPS) is 22.4. The van der Waals surface area contributed by atoms with E-state index in [-0.39, 0.29) is 11.7 Å². The second kappa shape index (κ2) is 5.27. The Bertz CT molecular complexity index is 513. The number of thioether (sulfide) groups is 1. The molecule has 5 nitrogen and oxygen atoms in total. The third-order valence-corrected chi connectivity index (χ3v) is 4.37. The second-order valence-corrected chi connectivity index (χ2v) is 5.70. The first kappa shape index (κ1) is 12.7. The van der Waals surface area contributed by atoms with Gasteiger partial charge in [-0.3, -0.25) is 10.1 Å². The standard InChI is InChI=1S/C12H13N3O2S/c1-8-10(4-5-18-8)14-11-3-2-9(7-13)6-12(11)15(16)17/h2-3,6,8,10,14H,4-5H2,1H3. The minimum absolute atomic E-state index is 0.0295. The van der Waals surface area contributed by atoms with Crippen LogP contribution in [-0.2, 0) is 0 Å². The molecule has 0 saturated carbocycles. The summed E-state index contributed by atoms with van der Waals surface area (Å²) in [6, 6.07) is 6.70. The summed E-state index contributed by atoms with van der Waals surface area (Å²) < 4.78 is 0. The predicted molar refractivity (Wildman–Crippen MR) is 71.8 cm³/mol. The minimum atomic E-state index is -0.448. The van der Waals surface area contributed by atoms with E-state index in [1.165, 1.54) is 6.07 Å². The van der Waals surface area contributed by atoms with Gasteiger partial charge >= 0.3 is 0 Å². The largest absolute Gasteiger partial charge is 0.376 e. The molecule has 1 fully saturated rings. The van der Waals surface area contributed by atoms with E-state index in [9.17, 15) is 10.1 Å². The highest BCUT2D eigenvalue weighted by molar-refractivity contribution is 8.00. The van der Waals surface area contributed by atoms with Crippen molar-refractivity contribution in [3.05, 3.63) is 33.9 Å². The van der Waals surface area contributed by atoms with Gasteiger partial charge in [-0.1, -0.05) is 6.92 Å². The molecule has 1 aliphatic heterocycles. The highest BCUT2D eigenvalue weighted by atomic mass is 32.2. The fourth-order valence-electron chi connectivity index (χ4n) is 2.00. The van der Waals surface area contributed by atoms with Crippen molar-refractivity contribution in [1.82, 2.24) is 0 Å². The molecule has 2 unspecified atom stereocenters. The van der Waals surface area contributed by atoms with E-state index >= 15 is 0 Å². The van der Waals surface area contributed by atoms with Crippen LogP contribution in [-0.4, -0.2) is 22.0 Å². The van der Waals surface area contributed by atoms with Gasteiger partial charge in [-0.05, 0) is 24.3 Å². The SMILES string of the molecule is CC1SCCC1Nc1ccc(C#N)cc1[N+](=O)[O-]. The van der Waals surface area contributed by atoms with E-state index in [1.807, 2.05) is 17.8 Å². The summed E-state index contributed by atoms with van der Waals surface area (Å²) in [5.41, 5.74) is 0.776. The molecule has 18 heavy (non-hydrogen) atoms. The van der Waals surface area contributed by atoms with Crippen LogP contribution in [0, 0.1) is 21.4 Å². The lowest BCUT2D eigenvalue weighted by Crippen LogP contribution is -2.25. The van der Waals surface area contributed by atoms with Gasteiger partial charge in [0.25, 0.3) is 5.69 Å². The van der Waals surface area contributed by atoms with Gasteiger partial charge in [-0.15, -0.1) is 0 Å². The quantitative estimate of drug-likeness (QED) is 0.670. The van der Waals surface area contributed by atoms with Crippen molar-refractivity contribution in [2.24, 2.45) is 0 Å².